The maximum atomic E-state index is 12.8. The molecule has 2 aromatic rings. The average Bonchev–Trinajstić information content (AvgIpc) is 3.22. The third-order valence-corrected chi connectivity index (χ3v) is 5.85. The van der Waals surface area contributed by atoms with E-state index in [1.54, 1.807) is 16.1 Å². The number of carbonyl (C=O) groups excluding carboxylic acids is 2. The first-order chi connectivity index (χ1) is 13.6. The molecule has 28 heavy (non-hydrogen) atoms. The van der Waals surface area contributed by atoms with Crippen molar-refractivity contribution >= 4 is 28.7 Å². The minimum Gasteiger partial charge on any atom is -0.378 e. The van der Waals surface area contributed by atoms with Gasteiger partial charge in [0.1, 0.15) is 17.8 Å². The summed E-state index contributed by atoms with van der Waals surface area (Å²) in [6.07, 6.45) is 4.24. The van der Waals surface area contributed by atoms with Crippen LogP contribution < -0.4 is 4.90 Å². The van der Waals surface area contributed by atoms with Crippen LogP contribution in [0.25, 0.3) is 11.0 Å². The van der Waals surface area contributed by atoms with Crippen LogP contribution in [0, 0.1) is 5.92 Å². The molecule has 1 N–H and O–H groups in total. The van der Waals surface area contributed by atoms with Crippen molar-refractivity contribution in [3.63, 3.8) is 0 Å². The number of hydrogen-bond donors (Lipinski definition) is 1. The lowest BCUT2D eigenvalue weighted by Gasteiger charge is -2.42. The number of H-pyrrole nitrogens is 1. The van der Waals surface area contributed by atoms with Crippen LogP contribution in [0.4, 0.5) is 5.82 Å². The molecule has 2 saturated heterocycles. The van der Waals surface area contributed by atoms with Gasteiger partial charge in [0.25, 0.3) is 0 Å². The standard InChI is InChI=1S/C19H26N6O3/c1-13-4-6-25(19(27)18(26)24-7-9-28-10-8-24)11-15(13)23(2)17-14-3-5-20-16(14)21-12-22-17/h3,5,12-13,15H,4,6-11H2,1-2H3,(H,20,21,22). The van der Waals surface area contributed by atoms with E-state index >= 15 is 0 Å². The maximum absolute atomic E-state index is 12.8. The lowest BCUT2D eigenvalue weighted by Crippen LogP contribution is -2.56. The average molecular weight is 386 g/mol. The Hall–Kier alpha value is -2.68. The summed E-state index contributed by atoms with van der Waals surface area (Å²) in [6.45, 7) is 5.22. The van der Waals surface area contributed by atoms with Crippen molar-refractivity contribution in [2.75, 3.05) is 51.3 Å². The lowest BCUT2D eigenvalue weighted by molar-refractivity contribution is -0.155. The number of anilines is 1. The highest BCUT2D eigenvalue weighted by atomic mass is 16.5. The number of carbonyl (C=O) groups is 2. The summed E-state index contributed by atoms with van der Waals surface area (Å²) < 4.78 is 5.28. The Morgan fingerprint density at radius 2 is 1.93 bits per heavy atom. The summed E-state index contributed by atoms with van der Waals surface area (Å²) in [5.41, 5.74) is 0.788. The fraction of sp³-hybridized carbons (Fsp3) is 0.579. The quantitative estimate of drug-likeness (QED) is 0.755. The second kappa shape index (κ2) is 7.75. The van der Waals surface area contributed by atoms with Crippen molar-refractivity contribution in [1.29, 1.82) is 0 Å². The number of likely N-dealkylation sites (N-methyl/N-ethyl adjacent to an activating group) is 1. The SMILES string of the molecule is CC1CCN(C(=O)C(=O)N2CCOCC2)CC1N(C)c1ncnc2[nH]ccc12. The summed E-state index contributed by atoms with van der Waals surface area (Å²) in [6, 6.07) is 2.03. The molecular weight excluding hydrogens is 360 g/mol. The number of nitrogens with zero attached hydrogens (tertiary/aromatic N) is 5. The molecule has 2 amide bonds. The van der Waals surface area contributed by atoms with Crippen LogP contribution in [-0.2, 0) is 14.3 Å². The highest BCUT2D eigenvalue weighted by molar-refractivity contribution is 6.34. The molecule has 2 aliphatic rings. The van der Waals surface area contributed by atoms with Gasteiger partial charge in [-0.25, -0.2) is 9.97 Å². The van der Waals surface area contributed by atoms with Gasteiger partial charge in [-0.2, -0.15) is 0 Å². The zero-order valence-electron chi connectivity index (χ0n) is 16.3. The Balaban J connectivity index is 1.50. The number of hydrogen-bond acceptors (Lipinski definition) is 6. The van der Waals surface area contributed by atoms with Crippen molar-refractivity contribution < 1.29 is 14.3 Å². The number of ether oxygens (including phenoxy) is 1. The van der Waals surface area contributed by atoms with Gasteiger partial charge in [0.15, 0.2) is 0 Å². The normalized spacial score (nSPS) is 23.1. The van der Waals surface area contributed by atoms with Crippen LogP contribution in [0.1, 0.15) is 13.3 Å². The predicted octanol–water partition coefficient (Wildman–Crippen LogP) is 0.490. The van der Waals surface area contributed by atoms with E-state index in [9.17, 15) is 9.59 Å². The summed E-state index contributed by atoms with van der Waals surface area (Å²) in [5, 5.41) is 0.949. The Bertz CT molecular complexity index is 862. The van der Waals surface area contributed by atoms with Crippen molar-refractivity contribution in [1.82, 2.24) is 24.8 Å². The molecular formula is C19H26N6O3. The molecule has 0 spiro atoms. The molecule has 2 aromatic heterocycles. The van der Waals surface area contributed by atoms with Crippen molar-refractivity contribution in [3.8, 4) is 0 Å². The van der Waals surface area contributed by atoms with E-state index in [0.29, 0.717) is 45.3 Å². The molecule has 0 aliphatic carbocycles. The van der Waals surface area contributed by atoms with E-state index in [1.165, 1.54) is 0 Å². The number of fused-ring (bicyclic) bond motifs is 1. The zero-order chi connectivity index (χ0) is 19.7. The first-order valence-corrected chi connectivity index (χ1v) is 9.73. The molecule has 0 saturated carbocycles. The lowest BCUT2D eigenvalue weighted by atomic mass is 9.92. The van der Waals surface area contributed by atoms with Crippen LogP contribution in [0.3, 0.4) is 0 Å². The first kappa shape index (κ1) is 18.7. The molecule has 0 radical (unpaired) electrons. The molecule has 0 bridgehead atoms. The van der Waals surface area contributed by atoms with E-state index < -0.39 is 11.8 Å². The number of amides is 2. The number of rotatable bonds is 2. The molecule has 4 heterocycles. The third-order valence-electron chi connectivity index (χ3n) is 5.85. The Kier molecular flexibility index (Phi) is 5.17. The number of morpholine rings is 1. The molecule has 4 rings (SSSR count). The fourth-order valence-corrected chi connectivity index (χ4v) is 4.07. The van der Waals surface area contributed by atoms with Gasteiger partial charge in [-0.1, -0.05) is 6.92 Å². The van der Waals surface area contributed by atoms with Crippen molar-refractivity contribution in [2.45, 2.75) is 19.4 Å². The van der Waals surface area contributed by atoms with E-state index in [2.05, 4.69) is 26.8 Å². The molecule has 2 fully saturated rings. The van der Waals surface area contributed by atoms with Crippen LogP contribution in [-0.4, -0.2) is 89.0 Å². The van der Waals surface area contributed by atoms with E-state index in [4.69, 9.17) is 4.74 Å². The van der Waals surface area contributed by atoms with Gasteiger partial charge in [0.2, 0.25) is 0 Å². The molecule has 2 atom stereocenters. The second-order valence-electron chi connectivity index (χ2n) is 7.54. The monoisotopic (exact) mass is 386 g/mol. The number of likely N-dealkylation sites (tertiary alicyclic amines) is 1. The largest absolute Gasteiger partial charge is 0.378 e. The van der Waals surface area contributed by atoms with Crippen LogP contribution >= 0.6 is 0 Å². The van der Waals surface area contributed by atoms with Crippen LogP contribution in [0.5, 0.6) is 0 Å². The van der Waals surface area contributed by atoms with Gasteiger partial charge >= 0.3 is 11.8 Å². The molecule has 0 aromatic carbocycles. The predicted molar refractivity (Wildman–Crippen MR) is 104 cm³/mol. The minimum atomic E-state index is -0.422. The third kappa shape index (κ3) is 3.42. The summed E-state index contributed by atoms with van der Waals surface area (Å²) in [7, 11) is 1.99. The molecule has 9 nitrogen and oxygen atoms in total. The summed E-state index contributed by atoms with van der Waals surface area (Å²) in [4.78, 5) is 42.6. The topological polar surface area (TPSA) is 94.7 Å². The molecule has 9 heteroatoms. The van der Waals surface area contributed by atoms with E-state index in [0.717, 1.165) is 23.3 Å². The summed E-state index contributed by atoms with van der Waals surface area (Å²) >= 11 is 0. The van der Waals surface area contributed by atoms with Crippen LogP contribution in [0.15, 0.2) is 18.6 Å². The van der Waals surface area contributed by atoms with E-state index in [-0.39, 0.29) is 6.04 Å². The Morgan fingerprint density at radius 3 is 2.71 bits per heavy atom. The summed E-state index contributed by atoms with van der Waals surface area (Å²) in [5.74, 6) is 0.365. The Morgan fingerprint density at radius 1 is 1.18 bits per heavy atom. The van der Waals surface area contributed by atoms with E-state index in [1.807, 2.05) is 19.3 Å². The first-order valence-electron chi connectivity index (χ1n) is 9.73. The number of aromatic nitrogens is 3. The number of nitrogens with one attached hydrogen (secondary N) is 1. The van der Waals surface area contributed by atoms with Gasteiger partial charge in [-0.3, -0.25) is 9.59 Å². The maximum Gasteiger partial charge on any atom is 0.312 e. The number of piperidine rings is 1. The van der Waals surface area contributed by atoms with Gasteiger partial charge < -0.3 is 24.4 Å². The van der Waals surface area contributed by atoms with Gasteiger partial charge in [-0.15, -0.1) is 0 Å². The van der Waals surface area contributed by atoms with Crippen molar-refractivity contribution in [2.24, 2.45) is 5.92 Å². The molecule has 2 aliphatic heterocycles. The van der Waals surface area contributed by atoms with Crippen molar-refractivity contribution in [3.05, 3.63) is 18.6 Å². The second-order valence-corrected chi connectivity index (χ2v) is 7.54. The highest BCUT2D eigenvalue weighted by Crippen LogP contribution is 2.28. The Labute approximate surface area is 163 Å². The minimum absolute atomic E-state index is 0.0724. The van der Waals surface area contributed by atoms with Gasteiger partial charge in [0, 0.05) is 39.4 Å². The highest BCUT2D eigenvalue weighted by Gasteiger charge is 2.36. The number of aromatic amines is 1. The van der Waals surface area contributed by atoms with Gasteiger partial charge in [-0.05, 0) is 18.4 Å². The smallest absolute Gasteiger partial charge is 0.312 e. The van der Waals surface area contributed by atoms with Crippen LogP contribution in [0.2, 0.25) is 0 Å². The zero-order valence-corrected chi connectivity index (χ0v) is 16.3. The van der Waals surface area contributed by atoms with Gasteiger partial charge in [0.05, 0.1) is 24.6 Å². The molecule has 150 valence electrons. The molecule has 2 unspecified atom stereocenters. The fourth-order valence-electron chi connectivity index (χ4n) is 4.07.